The van der Waals surface area contributed by atoms with Gasteiger partial charge in [-0.15, -0.1) is 0 Å². The highest BCUT2D eigenvalue weighted by molar-refractivity contribution is 5.82. The smallest absolute Gasteiger partial charge is 0.226 e. The molecule has 7 nitrogen and oxygen atoms in total. The Morgan fingerprint density at radius 2 is 2.15 bits per heavy atom. The van der Waals surface area contributed by atoms with Crippen LogP contribution in [0.15, 0.2) is 6.33 Å². The van der Waals surface area contributed by atoms with Crippen LogP contribution in [0.5, 0.6) is 0 Å². The van der Waals surface area contributed by atoms with Crippen molar-refractivity contribution >= 4 is 22.9 Å². The molecule has 1 fully saturated rings. The zero-order valence-electron chi connectivity index (χ0n) is 11.9. The third kappa shape index (κ3) is 2.29. The van der Waals surface area contributed by atoms with Crippen molar-refractivity contribution in [1.29, 1.82) is 0 Å². The van der Waals surface area contributed by atoms with Crippen LogP contribution in [0.2, 0.25) is 0 Å². The Bertz CT molecular complexity index is 618. The van der Waals surface area contributed by atoms with E-state index in [2.05, 4.69) is 34.1 Å². The Morgan fingerprint density at radius 3 is 2.80 bits per heavy atom. The Balaban J connectivity index is 1.93. The van der Waals surface area contributed by atoms with Crippen LogP contribution < -0.4 is 16.8 Å². The van der Waals surface area contributed by atoms with E-state index in [1.165, 1.54) is 0 Å². The predicted molar refractivity (Wildman–Crippen MR) is 79.4 cm³/mol. The molecule has 0 amide bonds. The molecule has 0 aromatic carbocycles. The van der Waals surface area contributed by atoms with E-state index < -0.39 is 0 Å². The molecule has 3 rings (SSSR count). The van der Waals surface area contributed by atoms with Crippen LogP contribution in [0, 0.1) is 0 Å². The number of fused-ring (bicyclic) bond motifs is 1. The Kier molecular flexibility index (Phi) is 3.21. The van der Waals surface area contributed by atoms with Gasteiger partial charge in [0.1, 0.15) is 5.52 Å². The fourth-order valence-electron chi connectivity index (χ4n) is 2.71. The highest BCUT2D eigenvalue weighted by atomic mass is 15.2. The topological polar surface area (TPSA) is 108 Å². The minimum Gasteiger partial charge on any atom is -0.382 e. The van der Waals surface area contributed by atoms with Crippen LogP contribution >= 0.6 is 0 Å². The van der Waals surface area contributed by atoms with E-state index in [9.17, 15) is 0 Å². The number of rotatable bonds is 3. The zero-order chi connectivity index (χ0) is 14.3. The minimum absolute atomic E-state index is 0.273. The van der Waals surface area contributed by atoms with Gasteiger partial charge in [0.2, 0.25) is 5.95 Å². The van der Waals surface area contributed by atoms with E-state index >= 15 is 0 Å². The number of hydrogen-bond donors (Lipinski definition) is 3. The normalized spacial score (nSPS) is 22.8. The van der Waals surface area contributed by atoms with Gasteiger partial charge in [-0.3, -0.25) is 0 Å². The highest BCUT2D eigenvalue weighted by Crippen LogP contribution is 2.24. The fraction of sp³-hybridized carbons (Fsp3) is 0.615. The van der Waals surface area contributed by atoms with Gasteiger partial charge in [-0.2, -0.15) is 9.97 Å². The first-order valence-electron chi connectivity index (χ1n) is 7.06. The maximum Gasteiger partial charge on any atom is 0.226 e. The third-order valence-corrected chi connectivity index (χ3v) is 3.81. The van der Waals surface area contributed by atoms with E-state index in [0.29, 0.717) is 23.3 Å². The SMILES string of the molecule is CC(C)n1cnc2c(N)nc(N[C@H]3CC[C@H](N)C3)nc21. The molecule has 0 unspecified atom stereocenters. The number of nitrogen functional groups attached to an aromatic ring is 1. The molecule has 2 aromatic rings. The first-order chi connectivity index (χ1) is 9.54. The molecular weight excluding hydrogens is 254 g/mol. The van der Waals surface area contributed by atoms with Crippen LogP contribution in [-0.4, -0.2) is 31.6 Å². The summed E-state index contributed by atoms with van der Waals surface area (Å²) in [6.07, 6.45) is 4.80. The second-order valence-corrected chi connectivity index (χ2v) is 5.76. The van der Waals surface area contributed by atoms with Crippen LogP contribution in [0.1, 0.15) is 39.2 Å². The predicted octanol–water partition coefficient (Wildman–Crippen LogP) is 1.28. The van der Waals surface area contributed by atoms with Gasteiger partial charge in [-0.25, -0.2) is 4.98 Å². The Hall–Kier alpha value is -1.89. The molecule has 108 valence electrons. The van der Waals surface area contributed by atoms with Gasteiger partial charge >= 0.3 is 0 Å². The van der Waals surface area contributed by atoms with Crippen molar-refractivity contribution in [2.24, 2.45) is 5.73 Å². The summed E-state index contributed by atoms with van der Waals surface area (Å²) >= 11 is 0. The quantitative estimate of drug-likeness (QED) is 0.778. The Morgan fingerprint density at radius 1 is 1.35 bits per heavy atom. The van der Waals surface area contributed by atoms with Crippen LogP contribution in [-0.2, 0) is 0 Å². The van der Waals surface area contributed by atoms with Crippen molar-refractivity contribution < 1.29 is 0 Å². The van der Waals surface area contributed by atoms with E-state index in [1.807, 2.05) is 4.57 Å². The monoisotopic (exact) mass is 275 g/mol. The number of imidazole rings is 1. The van der Waals surface area contributed by atoms with Gasteiger partial charge in [-0.05, 0) is 33.1 Å². The lowest BCUT2D eigenvalue weighted by Crippen LogP contribution is -2.22. The van der Waals surface area contributed by atoms with Crippen molar-refractivity contribution in [3.8, 4) is 0 Å². The molecule has 0 bridgehead atoms. The van der Waals surface area contributed by atoms with E-state index in [4.69, 9.17) is 11.5 Å². The standard InChI is InChI=1S/C13H21N7/c1-7(2)20-6-16-10-11(15)18-13(19-12(10)20)17-9-4-3-8(14)5-9/h6-9H,3-5,14H2,1-2H3,(H3,15,17,18,19)/t8-,9-/m0/s1. The third-order valence-electron chi connectivity index (χ3n) is 3.81. The first kappa shape index (κ1) is 13.1. The Labute approximate surface area is 117 Å². The van der Waals surface area contributed by atoms with Gasteiger partial charge in [-0.1, -0.05) is 0 Å². The lowest BCUT2D eigenvalue weighted by molar-refractivity contribution is 0.612. The van der Waals surface area contributed by atoms with Gasteiger partial charge in [0.15, 0.2) is 11.5 Å². The number of hydrogen-bond acceptors (Lipinski definition) is 6. The summed E-state index contributed by atoms with van der Waals surface area (Å²) in [5.74, 6) is 0.982. The zero-order valence-corrected chi connectivity index (χ0v) is 11.9. The summed E-state index contributed by atoms with van der Waals surface area (Å²) < 4.78 is 2.00. The highest BCUT2D eigenvalue weighted by Gasteiger charge is 2.23. The number of nitrogens with one attached hydrogen (secondary N) is 1. The minimum atomic E-state index is 0.273. The molecule has 1 saturated carbocycles. The summed E-state index contributed by atoms with van der Waals surface area (Å²) in [5.41, 5.74) is 13.3. The van der Waals surface area contributed by atoms with Gasteiger partial charge in [0.25, 0.3) is 0 Å². The summed E-state index contributed by atoms with van der Waals surface area (Å²) in [5, 5.41) is 3.34. The number of aromatic nitrogens is 4. The molecule has 7 heteroatoms. The molecule has 20 heavy (non-hydrogen) atoms. The maximum absolute atomic E-state index is 5.98. The van der Waals surface area contributed by atoms with Crippen LogP contribution in [0.25, 0.3) is 11.2 Å². The molecule has 0 spiro atoms. The lowest BCUT2D eigenvalue weighted by atomic mass is 10.2. The summed E-state index contributed by atoms with van der Waals surface area (Å²) in [4.78, 5) is 13.2. The molecular formula is C13H21N7. The average molecular weight is 275 g/mol. The molecule has 2 heterocycles. The van der Waals surface area contributed by atoms with E-state index in [-0.39, 0.29) is 12.1 Å². The summed E-state index contributed by atoms with van der Waals surface area (Å²) in [7, 11) is 0. The second kappa shape index (κ2) is 4.90. The maximum atomic E-state index is 5.98. The molecule has 0 radical (unpaired) electrons. The van der Waals surface area contributed by atoms with Crippen molar-refractivity contribution in [2.75, 3.05) is 11.1 Å². The molecule has 0 saturated heterocycles. The average Bonchev–Trinajstić information content (AvgIpc) is 2.96. The lowest BCUT2D eigenvalue weighted by Gasteiger charge is -2.13. The molecule has 0 aliphatic heterocycles. The molecule has 2 aromatic heterocycles. The summed E-state index contributed by atoms with van der Waals surface area (Å²) in [6, 6.07) is 0.883. The van der Waals surface area contributed by atoms with Crippen LogP contribution in [0.3, 0.4) is 0 Å². The molecule has 5 N–H and O–H groups in total. The number of nitrogens with zero attached hydrogens (tertiary/aromatic N) is 4. The van der Waals surface area contributed by atoms with E-state index in [0.717, 1.165) is 24.9 Å². The van der Waals surface area contributed by atoms with Crippen LogP contribution in [0.4, 0.5) is 11.8 Å². The second-order valence-electron chi connectivity index (χ2n) is 5.76. The number of nitrogens with two attached hydrogens (primary N) is 2. The largest absolute Gasteiger partial charge is 0.382 e. The van der Waals surface area contributed by atoms with Gasteiger partial charge in [0, 0.05) is 18.1 Å². The van der Waals surface area contributed by atoms with Crippen molar-refractivity contribution in [1.82, 2.24) is 19.5 Å². The first-order valence-corrected chi connectivity index (χ1v) is 7.06. The van der Waals surface area contributed by atoms with Gasteiger partial charge < -0.3 is 21.4 Å². The van der Waals surface area contributed by atoms with Crippen molar-refractivity contribution in [2.45, 2.75) is 51.2 Å². The van der Waals surface area contributed by atoms with E-state index in [1.54, 1.807) is 6.33 Å². The molecule has 1 aliphatic carbocycles. The fourth-order valence-corrected chi connectivity index (χ4v) is 2.71. The van der Waals surface area contributed by atoms with Crippen molar-refractivity contribution in [3.63, 3.8) is 0 Å². The van der Waals surface area contributed by atoms with Gasteiger partial charge in [0.05, 0.1) is 6.33 Å². The summed E-state index contributed by atoms with van der Waals surface area (Å²) in [6.45, 7) is 4.17. The molecule has 2 atom stereocenters. The molecule has 1 aliphatic rings. The number of anilines is 2. The van der Waals surface area contributed by atoms with Crippen molar-refractivity contribution in [3.05, 3.63) is 6.33 Å².